The minimum absolute atomic E-state index is 0.0225. The molecule has 2 fully saturated rings. The van der Waals surface area contributed by atoms with E-state index in [4.69, 9.17) is 23.2 Å². The quantitative estimate of drug-likeness (QED) is 0.660. The Bertz CT molecular complexity index is 778. The van der Waals surface area contributed by atoms with Gasteiger partial charge in [0.25, 0.3) is 0 Å². The highest BCUT2D eigenvalue weighted by Gasteiger charge is 2.43. The first kappa shape index (κ1) is 21.4. The minimum atomic E-state index is -0.586. The molecule has 7 heteroatoms. The lowest BCUT2D eigenvalue weighted by Gasteiger charge is -2.36. The average Bonchev–Trinajstić information content (AvgIpc) is 3.24. The van der Waals surface area contributed by atoms with Crippen LogP contribution in [0.4, 0.5) is 4.39 Å². The summed E-state index contributed by atoms with van der Waals surface area (Å²) >= 11 is 12.5. The lowest BCUT2D eigenvalue weighted by atomic mass is 9.76. The molecule has 0 bridgehead atoms. The maximum Gasteiger partial charge on any atom is 0.225 e. The molecular weight excluding hydrogens is 402 g/mol. The van der Waals surface area contributed by atoms with E-state index in [1.165, 1.54) is 12.1 Å². The molecule has 1 saturated heterocycles. The van der Waals surface area contributed by atoms with Gasteiger partial charge >= 0.3 is 0 Å². The topological polar surface area (TPSA) is 49.4 Å². The number of nitrogens with one attached hydrogen (secondary N) is 1. The fraction of sp³-hybridized carbons (Fsp3) is 0.619. The Morgan fingerprint density at radius 2 is 1.93 bits per heavy atom. The van der Waals surface area contributed by atoms with E-state index >= 15 is 0 Å². The number of hydrogen-bond acceptors (Lipinski definition) is 2. The van der Waals surface area contributed by atoms with Crippen LogP contribution in [0.5, 0.6) is 0 Å². The normalized spacial score (nSPS) is 22.8. The van der Waals surface area contributed by atoms with Gasteiger partial charge in [-0.1, -0.05) is 43.0 Å². The van der Waals surface area contributed by atoms with Crippen molar-refractivity contribution >= 4 is 35.0 Å². The number of rotatable bonds is 5. The smallest absolute Gasteiger partial charge is 0.225 e. The zero-order valence-corrected chi connectivity index (χ0v) is 18.0. The molecule has 28 heavy (non-hydrogen) atoms. The summed E-state index contributed by atoms with van der Waals surface area (Å²) in [4.78, 5) is 27.0. The van der Waals surface area contributed by atoms with Crippen molar-refractivity contribution in [3.05, 3.63) is 33.6 Å². The van der Waals surface area contributed by atoms with Crippen molar-refractivity contribution in [2.24, 2.45) is 11.3 Å². The number of carbonyl (C=O) groups is 2. The van der Waals surface area contributed by atoms with Crippen LogP contribution < -0.4 is 5.32 Å². The lowest BCUT2D eigenvalue weighted by Crippen LogP contribution is -2.42. The van der Waals surface area contributed by atoms with Crippen LogP contribution in [0.1, 0.15) is 64.5 Å². The molecule has 2 amide bonds. The Labute approximate surface area is 175 Å². The summed E-state index contributed by atoms with van der Waals surface area (Å²) in [5.74, 6) is -1.17. The largest absolute Gasteiger partial charge is 0.348 e. The molecule has 1 aromatic rings. The molecule has 1 saturated carbocycles. The number of likely N-dealkylation sites (tertiary alicyclic amines) is 1. The Hall–Kier alpha value is -1.33. The van der Waals surface area contributed by atoms with Gasteiger partial charge in [0.05, 0.1) is 22.0 Å². The van der Waals surface area contributed by atoms with Crippen molar-refractivity contribution < 1.29 is 14.0 Å². The van der Waals surface area contributed by atoms with Crippen LogP contribution in [-0.4, -0.2) is 29.3 Å². The molecule has 1 aliphatic heterocycles. The molecule has 2 atom stereocenters. The van der Waals surface area contributed by atoms with E-state index in [2.05, 4.69) is 12.2 Å². The number of benzene rings is 1. The van der Waals surface area contributed by atoms with E-state index in [0.29, 0.717) is 6.54 Å². The van der Waals surface area contributed by atoms with Crippen LogP contribution in [0.15, 0.2) is 12.1 Å². The third-order valence-electron chi connectivity index (χ3n) is 6.25. The Morgan fingerprint density at radius 3 is 2.50 bits per heavy atom. The molecule has 1 aliphatic carbocycles. The van der Waals surface area contributed by atoms with Crippen LogP contribution in [-0.2, 0) is 9.59 Å². The first-order valence-electron chi connectivity index (χ1n) is 9.87. The van der Waals surface area contributed by atoms with Gasteiger partial charge in [0.15, 0.2) is 0 Å². The van der Waals surface area contributed by atoms with Gasteiger partial charge in [0.1, 0.15) is 5.82 Å². The van der Waals surface area contributed by atoms with Gasteiger partial charge in [-0.25, -0.2) is 4.39 Å². The fourth-order valence-electron chi connectivity index (χ4n) is 4.54. The van der Waals surface area contributed by atoms with E-state index in [1.54, 1.807) is 4.90 Å². The highest BCUT2D eigenvalue weighted by Crippen LogP contribution is 2.50. The van der Waals surface area contributed by atoms with Crippen LogP contribution in [0.2, 0.25) is 10.0 Å². The molecule has 0 radical (unpaired) electrons. The van der Waals surface area contributed by atoms with Crippen LogP contribution in [0, 0.1) is 17.2 Å². The van der Waals surface area contributed by atoms with Crippen LogP contribution in [0.25, 0.3) is 0 Å². The van der Waals surface area contributed by atoms with Gasteiger partial charge in [0.2, 0.25) is 11.8 Å². The molecule has 4 nitrogen and oxygen atoms in total. The second-order valence-corrected chi connectivity index (χ2v) is 9.39. The van der Waals surface area contributed by atoms with Gasteiger partial charge in [-0.15, -0.1) is 0 Å². The third-order valence-corrected chi connectivity index (χ3v) is 7.07. The Balaban J connectivity index is 1.91. The highest BCUT2D eigenvalue weighted by molar-refractivity contribution is 6.42. The van der Waals surface area contributed by atoms with E-state index in [0.717, 1.165) is 25.7 Å². The minimum Gasteiger partial charge on any atom is -0.348 e. The van der Waals surface area contributed by atoms with Gasteiger partial charge in [-0.05, 0) is 44.2 Å². The summed E-state index contributed by atoms with van der Waals surface area (Å²) < 4.78 is 14.8. The molecule has 0 spiro atoms. The fourth-order valence-corrected chi connectivity index (χ4v) is 4.97. The molecular formula is C21H27Cl2FN2O2. The van der Waals surface area contributed by atoms with Crippen molar-refractivity contribution in [1.29, 1.82) is 0 Å². The van der Waals surface area contributed by atoms with E-state index in [9.17, 15) is 14.0 Å². The Kier molecular flexibility index (Phi) is 6.26. The molecule has 154 valence electrons. The predicted octanol–water partition coefficient (Wildman–Crippen LogP) is 5.13. The van der Waals surface area contributed by atoms with Crippen molar-refractivity contribution in [3.8, 4) is 0 Å². The maximum atomic E-state index is 14.8. The third kappa shape index (κ3) is 4.02. The number of carbonyl (C=O) groups excluding carboxylic acids is 2. The molecule has 1 heterocycles. The van der Waals surface area contributed by atoms with Gasteiger partial charge in [-0.2, -0.15) is 0 Å². The van der Waals surface area contributed by atoms with Gasteiger partial charge in [0, 0.05) is 24.6 Å². The van der Waals surface area contributed by atoms with Crippen molar-refractivity contribution in [1.82, 2.24) is 10.2 Å². The number of amides is 2. The van der Waals surface area contributed by atoms with Gasteiger partial charge in [-0.3, -0.25) is 9.59 Å². The standard InChI is InChI=1S/C21H27Cl2FN2O2/c1-12(2)26-11-13(10-16(26)27)20(28)25-19(21(3)8-4-5-9-21)17-15(24)7-6-14(22)18(17)23/h6-7,12-13,19H,4-5,8-11H2,1-3H3,(H,25,28)/t13-,19?/m0/s1. The highest BCUT2D eigenvalue weighted by atomic mass is 35.5. The number of hydrogen-bond donors (Lipinski definition) is 1. The summed E-state index contributed by atoms with van der Waals surface area (Å²) in [6, 6.07) is 2.18. The van der Waals surface area contributed by atoms with E-state index in [-0.39, 0.29) is 45.3 Å². The second-order valence-electron chi connectivity index (χ2n) is 8.60. The lowest BCUT2D eigenvalue weighted by molar-refractivity contribution is -0.130. The van der Waals surface area contributed by atoms with Crippen LogP contribution >= 0.6 is 23.2 Å². The Morgan fingerprint density at radius 1 is 1.29 bits per heavy atom. The maximum absolute atomic E-state index is 14.8. The molecule has 0 aromatic heterocycles. The monoisotopic (exact) mass is 428 g/mol. The summed E-state index contributed by atoms with van der Waals surface area (Å²) in [5.41, 5.74) is -0.0671. The zero-order valence-electron chi connectivity index (χ0n) is 16.5. The van der Waals surface area contributed by atoms with E-state index < -0.39 is 17.8 Å². The summed E-state index contributed by atoms with van der Waals surface area (Å²) in [6.45, 7) is 6.31. The van der Waals surface area contributed by atoms with Crippen LogP contribution in [0.3, 0.4) is 0 Å². The van der Waals surface area contributed by atoms with Crippen molar-refractivity contribution in [3.63, 3.8) is 0 Å². The molecule has 3 rings (SSSR count). The molecule has 2 aliphatic rings. The summed E-state index contributed by atoms with van der Waals surface area (Å²) in [6.07, 6.45) is 3.94. The van der Waals surface area contributed by atoms with Gasteiger partial charge < -0.3 is 10.2 Å². The van der Waals surface area contributed by atoms with E-state index in [1.807, 2.05) is 13.8 Å². The number of halogens is 3. The van der Waals surface area contributed by atoms with Crippen molar-refractivity contribution in [2.75, 3.05) is 6.54 Å². The second kappa shape index (κ2) is 8.19. The SMILES string of the molecule is CC(C)N1C[C@@H](C(=O)NC(c2c(F)ccc(Cl)c2Cl)C2(C)CCCC2)CC1=O. The first-order chi connectivity index (χ1) is 13.1. The first-order valence-corrected chi connectivity index (χ1v) is 10.6. The summed E-state index contributed by atoms with van der Waals surface area (Å²) in [7, 11) is 0. The molecule has 1 unspecified atom stereocenters. The average molecular weight is 429 g/mol. The predicted molar refractivity (Wildman–Crippen MR) is 109 cm³/mol. The molecule has 1 aromatic carbocycles. The van der Waals surface area contributed by atoms with Crippen molar-refractivity contribution in [2.45, 2.75) is 65.0 Å². The summed E-state index contributed by atoms with van der Waals surface area (Å²) in [5, 5.41) is 3.46. The zero-order chi connectivity index (χ0) is 20.6. The molecule has 1 N–H and O–H groups in total. The number of nitrogens with zero attached hydrogens (tertiary/aromatic N) is 1.